The summed E-state index contributed by atoms with van der Waals surface area (Å²) < 4.78 is 3.20. The number of nitrogens with one attached hydrogen (secondary N) is 1. The summed E-state index contributed by atoms with van der Waals surface area (Å²) in [5.74, 6) is -0.270. The minimum absolute atomic E-state index is 0.242. The van der Waals surface area contributed by atoms with Crippen LogP contribution in [-0.4, -0.2) is 20.7 Å². The molecule has 0 aliphatic carbocycles. The van der Waals surface area contributed by atoms with Crippen molar-refractivity contribution in [3.05, 3.63) is 70.4 Å². The fourth-order valence-electron chi connectivity index (χ4n) is 3.08. The van der Waals surface area contributed by atoms with Gasteiger partial charge in [-0.2, -0.15) is 5.10 Å². The number of aryl methyl sites for hydroxylation is 1. The van der Waals surface area contributed by atoms with E-state index in [0.29, 0.717) is 11.9 Å². The molecule has 1 amide bonds. The zero-order chi connectivity index (χ0) is 19.0. The number of pyridine rings is 1. The summed E-state index contributed by atoms with van der Waals surface area (Å²) in [5, 5.41) is 8.77. The van der Waals surface area contributed by atoms with Crippen LogP contribution >= 0.6 is 11.3 Å². The molecule has 136 valence electrons. The predicted molar refractivity (Wildman–Crippen MR) is 107 cm³/mol. The monoisotopic (exact) mass is 378 g/mol. The van der Waals surface area contributed by atoms with Crippen molar-refractivity contribution in [1.82, 2.24) is 20.1 Å². The van der Waals surface area contributed by atoms with E-state index in [1.54, 1.807) is 24.5 Å². The first-order valence-corrected chi connectivity index (χ1v) is 9.46. The van der Waals surface area contributed by atoms with E-state index in [4.69, 9.17) is 0 Å². The highest BCUT2D eigenvalue weighted by molar-refractivity contribution is 7.26. The molecule has 3 aromatic heterocycles. The number of benzene rings is 1. The quantitative estimate of drug-likeness (QED) is 0.592. The van der Waals surface area contributed by atoms with Gasteiger partial charge in [0.05, 0.1) is 28.0 Å². The number of carbonyl (C=O) groups excluding carboxylic acids is 1. The number of aromatic nitrogens is 3. The summed E-state index contributed by atoms with van der Waals surface area (Å²) in [6.45, 7) is 3.86. The summed E-state index contributed by atoms with van der Waals surface area (Å²) in [7, 11) is 0. The molecule has 1 unspecified atom stereocenters. The average molecular weight is 378 g/mol. The Hall–Kier alpha value is -3.06. The van der Waals surface area contributed by atoms with Crippen LogP contribution < -0.4 is 10.9 Å². The van der Waals surface area contributed by atoms with Crippen molar-refractivity contribution in [2.45, 2.75) is 26.4 Å². The largest absolute Gasteiger partial charge is 0.349 e. The second-order valence-corrected chi connectivity index (χ2v) is 7.40. The Balaban J connectivity index is 1.70. The minimum atomic E-state index is -0.719. The third-order valence-corrected chi connectivity index (χ3v) is 5.80. The molecule has 27 heavy (non-hydrogen) atoms. The van der Waals surface area contributed by atoms with Gasteiger partial charge in [-0.1, -0.05) is 24.3 Å². The maximum atomic E-state index is 13.1. The number of rotatable bonds is 4. The van der Waals surface area contributed by atoms with Gasteiger partial charge in [-0.05, 0) is 32.0 Å². The van der Waals surface area contributed by atoms with Gasteiger partial charge in [0.15, 0.2) is 0 Å². The minimum Gasteiger partial charge on any atom is -0.349 e. The van der Waals surface area contributed by atoms with Crippen LogP contribution in [0.15, 0.2) is 53.5 Å². The van der Waals surface area contributed by atoms with E-state index in [2.05, 4.69) is 15.4 Å². The summed E-state index contributed by atoms with van der Waals surface area (Å²) in [6.07, 6.45) is 1.68. The predicted octanol–water partition coefficient (Wildman–Crippen LogP) is 3.19. The fourth-order valence-corrected chi connectivity index (χ4v) is 4.22. The van der Waals surface area contributed by atoms with Gasteiger partial charge < -0.3 is 5.32 Å². The Morgan fingerprint density at radius 1 is 1.22 bits per heavy atom. The first kappa shape index (κ1) is 17.4. The highest BCUT2D eigenvalue weighted by Crippen LogP contribution is 2.32. The average Bonchev–Trinajstić information content (AvgIpc) is 3.09. The molecule has 1 N–H and O–H groups in total. The van der Waals surface area contributed by atoms with E-state index in [-0.39, 0.29) is 11.5 Å². The topological polar surface area (TPSA) is 76.9 Å². The fraction of sp³-hybridized carbons (Fsp3) is 0.200. The van der Waals surface area contributed by atoms with Crippen molar-refractivity contribution in [2.75, 3.05) is 0 Å². The molecule has 0 saturated carbocycles. The summed E-state index contributed by atoms with van der Waals surface area (Å²) >= 11 is 1.55. The normalized spacial score (nSPS) is 12.4. The number of thiophene rings is 1. The molecule has 0 aliphatic rings. The standard InChI is InChI=1S/C20H18N4O2S/c1-12-18-17(15-8-3-4-9-16(15)27-18)20(26)24(23-12)13(2)19(25)22-11-14-7-5-6-10-21-14/h3-10,13H,11H2,1-2H3,(H,22,25). The smallest absolute Gasteiger partial charge is 0.276 e. The van der Waals surface area contributed by atoms with Gasteiger partial charge >= 0.3 is 0 Å². The zero-order valence-corrected chi connectivity index (χ0v) is 15.8. The van der Waals surface area contributed by atoms with Gasteiger partial charge in [-0.15, -0.1) is 11.3 Å². The number of hydrogen-bond donors (Lipinski definition) is 1. The lowest BCUT2D eigenvalue weighted by Crippen LogP contribution is -2.37. The van der Waals surface area contributed by atoms with E-state index < -0.39 is 6.04 Å². The molecule has 7 heteroatoms. The lowest BCUT2D eigenvalue weighted by Gasteiger charge is -2.15. The molecule has 0 saturated heterocycles. The Morgan fingerprint density at radius 3 is 2.78 bits per heavy atom. The van der Waals surface area contributed by atoms with Crippen molar-refractivity contribution in [3.63, 3.8) is 0 Å². The highest BCUT2D eigenvalue weighted by Gasteiger charge is 2.21. The first-order chi connectivity index (χ1) is 13.1. The van der Waals surface area contributed by atoms with Crippen LogP contribution in [0, 0.1) is 6.92 Å². The van der Waals surface area contributed by atoms with E-state index >= 15 is 0 Å². The molecule has 0 bridgehead atoms. The van der Waals surface area contributed by atoms with Crippen molar-refractivity contribution >= 4 is 37.4 Å². The van der Waals surface area contributed by atoms with E-state index in [1.165, 1.54) is 4.68 Å². The van der Waals surface area contributed by atoms with Crippen LogP contribution in [0.25, 0.3) is 20.2 Å². The molecule has 0 radical (unpaired) electrons. The maximum Gasteiger partial charge on any atom is 0.276 e. The van der Waals surface area contributed by atoms with E-state index in [9.17, 15) is 9.59 Å². The van der Waals surface area contributed by atoms with Gasteiger partial charge in [0.25, 0.3) is 5.56 Å². The molecule has 3 heterocycles. The van der Waals surface area contributed by atoms with Crippen LogP contribution in [-0.2, 0) is 11.3 Å². The van der Waals surface area contributed by atoms with Crippen LogP contribution in [0.2, 0.25) is 0 Å². The number of hydrogen-bond acceptors (Lipinski definition) is 5. The molecule has 1 aromatic carbocycles. The summed E-state index contributed by atoms with van der Waals surface area (Å²) in [6, 6.07) is 12.6. The molecule has 0 aliphatic heterocycles. The molecule has 4 aromatic rings. The Bertz CT molecular complexity index is 1200. The van der Waals surface area contributed by atoms with E-state index in [1.807, 2.05) is 49.4 Å². The van der Waals surface area contributed by atoms with Crippen molar-refractivity contribution in [3.8, 4) is 0 Å². The van der Waals surface area contributed by atoms with Gasteiger partial charge in [0, 0.05) is 16.3 Å². The third-order valence-electron chi connectivity index (χ3n) is 4.52. The molecule has 0 fully saturated rings. The molecule has 0 spiro atoms. The van der Waals surface area contributed by atoms with Crippen LogP contribution in [0.1, 0.15) is 24.4 Å². The lowest BCUT2D eigenvalue weighted by atomic mass is 10.2. The Kier molecular flexibility index (Phi) is 4.45. The summed E-state index contributed by atoms with van der Waals surface area (Å²) in [4.78, 5) is 29.9. The molecule has 4 rings (SSSR count). The number of nitrogens with zero attached hydrogens (tertiary/aromatic N) is 3. The second kappa shape index (κ2) is 6.92. The second-order valence-electron chi connectivity index (χ2n) is 6.35. The number of amides is 1. The SMILES string of the molecule is Cc1nn(C(C)C(=O)NCc2ccccn2)c(=O)c2c1sc1ccccc12. The molecular formula is C20H18N4O2S. The van der Waals surface area contributed by atoms with Crippen molar-refractivity contribution < 1.29 is 4.79 Å². The van der Waals surface area contributed by atoms with Crippen LogP contribution in [0.4, 0.5) is 0 Å². The maximum absolute atomic E-state index is 13.1. The van der Waals surface area contributed by atoms with Gasteiger partial charge in [0.1, 0.15) is 6.04 Å². The first-order valence-electron chi connectivity index (χ1n) is 8.64. The number of carbonyl (C=O) groups is 1. The summed E-state index contributed by atoms with van der Waals surface area (Å²) in [5.41, 5.74) is 1.26. The number of fused-ring (bicyclic) bond motifs is 3. The third kappa shape index (κ3) is 3.10. The van der Waals surface area contributed by atoms with Gasteiger partial charge in [-0.25, -0.2) is 4.68 Å². The molecular weight excluding hydrogens is 360 g/mol. The van der Waals surface area contributed by atoms with E-state index in [0.717, 1.165) is 26.2 Å². The van der Waals surface area contributed by atoms with Crippen molar-refractivity contribution in [1.29, 1.82) is 0 Å². The Morgan fingerprint density at radius 2 is 2.00 bits per heavy atom. The lowest BCUT2D eigenvalue weighted by molar-refractivity contribution is -0.124. The molecule has 6 nitrogen and oxygen atoms in total. The Labute approximate surface area is 159 Å². The van der Waals surface area contributed by atoms with Gasteiger partial charge in [-0.3, -0.25) is 14.6 Å². The van der Waals surface area contributed by atoms with Crippen LogP contribution in [0.3, 0.4) is 0 Å². The molecule has 1 atom stereocenters. The zero-order valence-electron chi connectivity index (χ0n) is 15.0. The highest BCUT2D eigenvalue weighted by atomic mass is 32.1. The van der Waals surface area contributed by atoms with Crippen LogP contribution in [0.5, 0.6) is 0 Å². The van der Waals surface area contributed by atoms with Gasteiger partial charge in [0.2, 0.25) is 5.91 Å². The van der Waals surface area contributed by atoms with Crippen molar-refractivity contribution in [2.24, 2.45) is 0 Å².